The molecule has 11 rings (SSSR count). The number of hydrogen-bond donors (Lipinski definition) is 1. The predicted octanol–water partition coefficient (Wildman–Crippen LogP) is 13.6. The Morgan fingerprint density at radius 2 is 1.25 bits per heavy atom. The summed E-state index contributed by atoms with van der Waals surface area (Å²) in [5.41, 5.74) is 9.97. The maximum absolute atomic E-state index is 8.69. The van der Waals surface area contributed by atoms with E-state index in [4.69, 9.17) is 14.8 Å². The first-order valence-electron chi connectivity index (χ1n) is 18.9. The highest BCUT2D eigenvalue weighted by molar-refractivity contribution is 7.26. The molecule has 6 heteroatoms. The number of fused-ring (bicyclic) bond motifs is 9. The summed E-state index contributed by atoms with van der Waals surface area (Å²) in [5.74, 6) is 0.653. The van der Waals surface area contributed by atoms with Gasteiger partial charge in [-0.1, -0.05) is 127 Å². The van der Waals surface area contributed by atoms with Crippen LogP contribution in [0.1, 0.15) is 16.7 Å². The Kier molecular flexibility index (Phi) is 7.76. The van der Waals surface area contributed by atoms with E-state index in [1.54, 1.807) is 11.3 Å². The maximum Gasteiger partial charge on any atom is 0.161 e. The molecule has 3 aromatic heterocycles. The van der Waals surface area contributed by atoms with Crippen molar-refractivity contribution >= 4 is 93.1 Å². The highest BCUT2D eigenvalue weighted by Gasteiger charge is 2.19. The van der Waals surface area contributed by atoms with Gasteiger partial charge in [0, 0.05) is 53.7 Å². The SMILES string of the molecule is N=C(/N=C(\N=C\c1ccc2sc3cccc(-c4ccc5c(c4)oc4cccc(-n6c7ccccc7c7ccccc76)c45)c3c2c1)c1ccccc1)c1ccccc1. The van der Waals surface area contributed by atoms with Crippen LogP contribution in [0.5, 0.6) is 0 Å². The number of aromatic nitrogens is 1. The van der Waals surface area contributed by atoms with E-state index in [9.17, 15) is 0 Å². The fraction of sp³-hybridized carbons (Fsp3) is 0. The minimum absolute atomic E-state index is 0.167. The molecule has 0 amide bonds. The molecule has 0 saturated carbocycles. The van der Waals surface area contributed by atoms with Crippen LogP contribution in [0.2, 0.25) is 0 Å². The van der Waals surface area contributed by atoms with Gasteiger partial charge in [-0.3, -0.25) is 5.41 Å². The van der Waals surface area contributed by atoms with Crippen molar-refractivity contribution in [3.05, 3.63) is 199 Å². The molecule has 0 bridgehead atoms. The second kappa shape index (κ2) is 13.4. The van der Waals surface area contributed by atoms with Crippen LogP contribution in [0.25, 0.3) is 80.7 Å². The number of rotatable bonds is 5. The molecule has 1 N–H and O–H groups in total. The van der Waals surface area contributed by atoms with Crippen LogP contribution in [0.15, 0.2) is 196 Å². The highest BCUT2D eigenvalue weighted by Crippen LogP contribution is 2.43. The van der Waals surface area contributed by atoms with Gasteiger partial charge in [-0.2, -0.15) is 0 Å². The number of furan rings is 1. The van der Waals surface area contributed by atoms with Gasteiger partial charge < -0.3 is 8.98 Å². The lowest BCUT2D eigenvalue weighted by molar-refractivity contribution is 0.669. The number of hydrogen-bond acceptors (Lipinski definition) is 3. The summed E-state index contributed by atoms with van der Waals surface area (Å²) in [5, 5.41) is 15.7. The van der Waals surface area contributed by atoms with Crippen LogP contribution >= 0.6 is 11.3 Å². The molecule has 57 heavy (non-hydrogen) atoms. The predicted molar refractivity (Wildman–Crippen MR) is 240 cm³/mol. The fourth-order valence-corrected chi connectivity index (χ4v) is 9.28. The van der Waals surface area contributed by atoms with Crippen LogP contribution in [0.3, 0.4) is 0 Å². The number of amidine groups is 2. The van der Waals surface area contributed by atoms with Crippen molar-refractivity contribution in [3.63, 3.8) is 0 Å². The lowest BCUT2D eigenvalue weighted by atomic mass is 9.97. The minimum Gasteiger partial charge on any atom is -0.456 e. The zero-order valence-electron chi connectivity index (χ0n) is 30.6. The lowest BCUT2D eigenvalue weighted by Crippen LogP contribution is -2.04. The van der Waals surface area contributed by atoms with E-state index in [-0.39, 0.29) is 5.84 Å². The molecule has 0 saturated heterocycles. The van der Waals surface area contributed by atoms with Crippen molar-refractivity contribution in [2.45, 2.75) is 0 Å². The Bertz CT molecular complexity index is 3370. The molecule has 3 heterocycles. The van der Waals surface area contributed by atoms with E-state index < -0.39 is 0 Å². The molecule has 0 atom stereocenters. The first-order chi connectivity index (χ1) is 28.2. The molecular formula is C51H32N4OS. The highest BCUT2D eigenvalue weighted by atomic mass is 32.1. The topological polar surface area (TPSA) is 66.6 Å². The Labute approximate surface area is 331 Å². The van der Waals surface area contributed by atoms with Gasteiger partial charge in [-0.05, 0) is 71.3 Å². The molecule has 0 aliphatic carbocycles. The van der Waals surface area contributed by atoms with Gasteiger partial charge in [0.05, 0.1) is 22.1 Å². The van der Waals surface area contributed by atoms with Gasteiger partial charge in [0.2, 0.25) is 0 Å². The minimum atomic E-state index is 0.167. The monoisotopic (exact) mass is 748 g/mol. The zero-order valence-corrected chi connectivity index (χ0v) is 31.4. The summed E-state index contributed by atoms with van der Waals surface area (Å²) < 4.78 is 11.5. The second-order valence-electron chi connectivity index (χ2n) is 14.1. The van der Waals surface area contributed by atoms with Crippen molar-refractivity contribution < 1.29 is 4.42 Å². The van der Waals surface area contributed by atoms with Crippen LogP contribution in [-0.2, 0) is 0 Å². The average molecular weight is 749 g/mol. The van der Waals surface area contributed by atoms with Crippen molar-refractivity contribution in [2.75, 3.05) is 0 Å². The summed E-state index contributed by atoms with van der Waals surface area (Å²) in [6.45, 7) is 0. The van der Waals surface area contributed by atoms with E-state index in [1.807, 2.05) is 66.9 Å². The van der Waals surface area contributed by atoms with Gasteiger partial charge in [0.1, 0.15) is 11.2 Å². The summed E-state index contributed by atoms with van der Waals surface area (Å²) in [6, 6.07) is 62.7. The summed E-state index contributed by atoms with van der Waals surface area (Å²) in [6.07, 6.45) is 1.85. The number of thiophene rings is 1. The lowest BCUT2D eigenvalue weighted by Gasteiger charge is -2.09. The van der Waals surface area contributed by atoms with Gasteiger partial charge in [0.15, 0.2) is 11.7 Å². The average Bonchev–Trinajstić information content (AvgIpc) is 3.95. The molecule has 0 spiro atoms. The van der Waals surface area contributed by atoms with Gasteiger partial charge >= 0.3 is 0 Å². The quantitative estimate of drug-likeness (QED) is 0.138. The van der Waals surface area contributed by atoms with E-state index in [2.05, 4.69) is 131 Å². The van der Waals surface area contributed by atoms with Crippen LogP contribution < -0.4 is 0 Å². The number of para-hydroxylation sites is 2. The molecule has 0 aliphatic rings. The van der Waals surface area contributed by atoms with Crippen LogP contribution in [0, 0.1) is 5.41 Å². The summed E-state index contributed by atoms with van der Waals surface area (Å²) >= 11 is 1.79. The third kappa shape index (κ3) is 5.57. The van der Waals surface area contributed by atoms with Gasteiger partial charge in [-0.15, -0.1) is 11.3 Å². The first-order valence-corrected chi connectivity index (χ1v) is 19.7. The second-order valence-corrected chi connectivity index (χ2v) is 15.2. The Morgan fingerprint density at radius 1 is 0.544 bits per heavy atom. The van der Waals surface area contributed by atoms with Gasteiger partial charge in [0.25, 0.3) is 0 Å². The van der Waals surface area contributed by atoms with E-state index >= 15 is 0 Å². The van der Waals surface area contributed by atoms with E-state index in [0.29, 0.717) is 5.84 Å². The van der Waals surface area contributed by atoms with Crippen molar-refractivity contribution in [2.24, 2.45) is 9.98 Å². The number of aliphatic imine (C=N–C) groups is 2. The van der Waals surface area contributed by atoms with Crippen molar-refractivity contribution in [1.29, 1.82) is 5.41 Å². The van der Waals surface area contributed by atoms with E-state index in [1.165, 1.54) is 42.0 Å². The molecule has 0 unspecified atom stereocenters. The molecule has 0 aliphatic heterocycles. The number of nitrogens with zero attached hydrogens (tertiary/aromatic N) is 3. The molecule has 5 nitrogen and oxygen atoms in total. The molecule has 0 fully saturated rings. The van der Waals surface area contributed by atoms with Crippen molar-refractivity contribution in [1.82, 2.24) is 4.57 Å². The smallest absolute Gasteiger partial charge is 0.161 e. The van der Waals surface area contributed by atoms with Crippen LogP contribution in [0.4, 0.5) is 0 Å². The standard InChI is InChI=1S/C51H32N4OS/c52-50(33-13-3-1-4-14-33)54-51(34-15-5-2-6-16-34)53-31-32-25-28-46-40(29-32)48-36(19-11-24-47(48)57-46)35-26-27-39-45(30-35)56-44-23-12-22-43(49(39)44)55-41-20-9-7-17-37(41)38-18-8-10-21-42(38)55/h1-31,52H/b52-50?,53-31+,54-51-. The third-order valence-electron chi connectivity index (χ3n) is 10.8. The third-order valence-corrected chi connectivity index (χ3v) is 11.9. The normalized spacial score (nSPS) is 12.3. The molecule has 11 aromatic rings. The van der Waals surface area contributed by atoms with Crippen molar-refractivity contribution in [3.8, 4) is 16.8 Å². The Hall–Kier alpha value is -7.41. The zero-order chi connectivity index (χ0) is 37.9. The maximum atomic E-state index is 8.69. The fourth-order valence-electron chi connectivity index (χ4n) is 8.17. The summed E-state index contributed by atoms with van der Waals surface area (Å²) in [4.78, 5) is 9.54. The Morgan fingerprint density at radius 3 is 2.02 bits per heavy atom. The van der Waals surface area contributed by atoms with Crippen LogP contribution in [-0.4, -0.2) is 22.5 Å². The molecular weight excluding hydrogens is 717 g/mol. The summed E-state index contributed by atoms with van der Waals surface area (Å²) in [7, 11) is 0. The number of benzene rings is 8. The molecule has 8 aromatic carbocycles. The number of nitrogens with one attached hydrogen (secondary N) is 1. The van der Waals surface area contributed by atoms with Gasteiger partial charge in [-0.25, -0.2) is 9.98 Å². The van der Waals surface area contributed by atoms with E-state index in [0.717, 1.165) is 55.4 Å². The Balaban J connectivity index is 1.02. The first kappa shape index (κ1) is 33.0. The molecule has 268 valence electrons. The molecule has 0 radical (unpaired) electrons. The largest absolute Gasteiger partial charge is 0.456 e.